The number of halogens is 2. The molecule has 1 atom stereocenters. The Morgan fingerprint density at radius 2 is 1.80 bits per heavy atom. The summed E-state index contributed by atoms with van der Waals surface area (Å²) in [6.45, 7) is 5.97. The van der Waals surface area contributed by atoms with Gasteiger partial charge in [-0.1, -0.05) is 47.8 Å². The number of benzene rings is 2. The highest BCUT2D eigenvalue weighted by atomic mass is 35.5. The molecule has 4 rings (SSSR count). The Labute approximate surface area is 216 Å². The van der Waals surface area contributed by atoms with Crippen LogP contribution in [0.25, 0.3) is 0 Å². The van der Waals surface area contributed by atoms with Gasteiger partial charge in [0, 0.05) is 28.8 Å². The normalized spacial score (nSPS) is 14.8. The molecule has 0 saturated carbocycles. The number of aromatic nitrogens is 2. The molecule has 1 unspecified atom stereocenters. The lowest BCUT2D eigenvalue weighted by Gasteiger charge is -2.26. The van der Waals surface area contributed by atoms with Crippen molar-refractivity contribution in [2.24, 2.45) is 0 Å². The summed E-state index contributed by atoms with van der Waals surface area (Å²) < 4.78 is 0. The molecule has 0 radical (unpaired) electrons. The maximum absolute atomic E-state index is 9.84. The number of nitrogens with one attached hydrogen (secondary N) is 2. The number of piperidine rings is 1. The predicted molar refractivity (Wildman–Crippen MR) is 144 cm³/mol. The average Bonchev–Trinajstić information content (AvgIpc) is 2.86. The summed E-state index contributed by atoms with van der Waals surface area (Å²) in [5, 5.41) is 17.6. The summed E-state index contributed by atoms with van der Waals surface area (Å²) in [4.78, 5) is 11.1. The molecular weight excluding hydrogens is 481 g/mol. The second-order valence-corrected chi connectivity index (χ2v) is 9.58. The van der Waals surface area contributed by atoms with Gasteiger partial charge in [0.15, 0.2) is 11.6 Å². The Balaban J connectivity index is 1.49. The fraction of sp³-hybridized carbons (Fsp3) is 0.346. The highest BCUT2D eigenvalue weighted by molar-refractivity contribution is 6.32. The van der Waals surface area contributed by atoms with Crippen molar-refractivity contribution in [3.63, 3.8) is 0 Å². The molecule has 1 fully saturated rings. The quantitative estimate of drug-likeness (QED) is 0.343. The lowest BCUT2D eigenvalue weighted by molar-refractivity contribution is 0.237. The minimum Gasteiger partial charge on any atom is -0.393 e. The Morgan fingerprint density at radius 1 is 1.09 bits per heavy atom. The van der Waals surface area contributed by atoms with Crippen LogP contribution in [0.2, 0.25) is 10.0 Å². The number of rotatable bonds is 8. The van der Waals surface area contributed by atoms with Crippen LogP contribution in [0.3, 0.4) is 0 Å². The first kappa shape index (κ1) is 25.1. The fourth-order valence-electron chi connectivity index (χ4n) is 4.32. The monoisotopic (exact) mass is 509 g/mol. The zero-order valence-electron chi connectivity index (χ0n) is 19.7. The Hall–Kier alpha value is -3.05. The standard InChI is InChI=1S/C26H29Cl2N7/c1-17-13-20(21(15-29)18-5-7-19(27)8-6-18)22(28)14-23(17)34-26-24(30)25(32-16-33-26)31-9-12-35-10-3-2-4-11-35/h5-8,13-14,16,21H,2-4,9-12,30H2,1H3,(H2,31,32,33,34). The minimum atomic E-state index is -0.507. The third-order valence-electron chi connectivity index (χ3n) is 6.29. The zero-order valence-corrected chi connectivity index (χ0v) is 21.2. The molecule has 3 aromatic rings. The molecular formula is C26H29Cl2N7. The van der Waals surface area contributed by atoms with Gasteiger partial charge in [0.05, 0.1) is 12.0 Å². The van der Waals surface area contributed by atoms with Crippen molar-refractivity contribution >= 4 is 46.2 Å². The second kappa shape index (κ2) is 11.6. The van der Waals surface area contributed by atoms with Crippen LogP contribution in [0.5, 0.6) is 0 Å². The molecule has 1 saturated heterocycles. The Kier molecular flexibility index (Phi) is 8.29. The van der Waals surface area contributed by atoms with E-state index in [9.17, 15) is 5.26 Å². The van der Waals surface area contributed by atoms with E-state index >= 15 is 0 Å². The van der Waals surface area contributed by atoms with Crippen molar-refractivity contribution in [1.29, 1.82) is 5.26 Å². The van der Waals surface area contributed by atoms with Crippen LogP contribution >= 0.6 is 23.2 Å². The predicted octanol–water partition coefficient (Wildman–Crippen LogP) is 5.97. The van der Waals surface area contributed by atoms with Crippen LogP contribution < -0.4 is 16.4 Å². The molecule has 0 bridgehead atoms. The van der Waals surface area contributed by atoms with Crippen molar-refractivity contribution in [3.8, 4) is 6.07 Å². The molecule has 182 valence electrons. The summed E-state index contributed by atoms with van der Waals surface area (Å²) in [7, 11) is 0. The fourth-order valence-corrected chi connectivity index (χ4v) is 4.72. The van der Waals surface area contributed by atoms with E-state index in [2.05, 4.69) is 31.6 Å². The van der Waals surface area contributed by atoms with Gasteiger partial charge < -0.3 is 21.3 Å². The van der Waals surface area contributed by atoms with Crippen LogP contribution in [0.15, 0.2) is 42.7 Å². The number of likely N-dealkylation sites (tertiary alicyclic amines) is 1. The minimum absolute atomic E-state index is 0.446. The Morgan fingerprint density at radius 3 is 2.51 bits per heavy atom. The van der Waals surface area contributed by atoms with E-state index in [4.69, 9.17) is 28.9 Å². The molecule has 1 aliphatic heterocycles. The summed E-state index contributed by atoms with van der Waals surface area (Å²) >= 11 is 12.6. The number of nitrogens with two attached hydrogens (primary N) is 1. The summed E-state index contributed by atoms with van der Waals surface area (Å²) in [5.74, 6) is 0.599. The van der Waals surface area contributed by atoms with E-state index < -0.39 is 5.92 Å². The first-order valence-corrected chi connectivity index (χ1v) is 12.5. The van der Waals surface area contributed by atoms with Crippen molar-refractivity contribution in [3.05, 3.63) is 69.5 Å². The highest BCUT2D eigenvalue weighted by Gasteiger charge is 2.19. The van der Waals surface area contributed by atoms with Crippen molar-refractivity contribution in [2.45, 2.75) is 32.1 Å². The van der Waals surface area contributed by atoms with Gasteiger partial charge in [0.2, 0.25) is 0 Å². The largest absolute Gasteiger partial charge is 0.393 e. The maximum atomic E-state index is 9.84. The molecule has 4 N–H and O–H groups in total. The van der Waals surface area contributed by atoms with E-state index in [0.717, 1.165) is 48.6 Å². The number of nitrogen functional groups attached to an aromatic ring is 1. The number of aryl methyl sites for hydroxylation is 1. The molecule has 0 amide bonds. The third-order valence-corrected chi connectivity index (χ3v) is 6.87. The number of nitriles is 1. The molecule has 35 heavy (non-hydrogen) atoms. The third kappa shape index (κ3) is 6.15. The lowest BCUT2D eigenvalue weighted by Crippen LogP contribution is -2.33. The van der Waals surface area contributed by atoms with E-state index in [0.29, 0.717) is 27.4 Å². The van der Waals surface area contributed by atoms with Gasteiger partial charge in [-0.05, 0) is 67.7 Å². The SMILES string of the molecule is Cc1cc(C(C#N)c2ccc(Cl)cc2)c(Cl)cc1Nc1ncnc(NCCN2CCCCC2)c1N. The van der Waals surface area contributed by atoms with Gasteiger partial charge in [-0.3, -0.25) is 0 Å². The van der Waals surface area contributed by atoms with E-state index in [1.165, 1.54) is 25.6 Å². The summed E-state index contributed by atoms with van der Waals surface area (Å²) in [6.07, 6.45) is 5.33. The average molecular weight is 510 g/mol. The van der Waals surface area contributed by atoms with E-state index in [1.807, 2.05) is 25.1 Å². The molecule has 0 spiro atoms. The molecule has 9 heteroatoms. The first-order chi connectivity index (χ1) is 17.0. The molecule has 0 aliphatic carbocycles. The molecule has 1 aliphatic rings. The highest BCUT2D eigenvalue weighted by Crippen LogP contribution is 2.36. The van der Waals surface area contributed by atoms with Crippen LogP contribution in [0.1, 0.15) is 41.9 Å². The number of nitrogens with zero attached hydrogens (tertiary/aromatic N) is 4. The van der Waals surface area contributed by atoms with Crippen molar-refractivity contribution < 1.29 is 0 Å². The number of hydrogen-bond acceptors (Lipinski definition) is 7. The van der Waals surface area contributed by atoms with Gasteiger partial charge in [0.1, 0.15) is 12.0 Å². The van der Waals surface area contributed by atoms with Gasteiger partial charge in [-0.25, -0.2) is 9.97 Å². The molecule has 1 aromatic heterocycles. The van der Waals surface area contributed by atoms with Crippen LogP contribution in [0.4, 0.5) is 23.0 Å². The number of hydrogen-bond donors (Lipinski definition) is 3. The summed E-state index contributed by atoms with van der Waals surface area (Å²) in [5.41, 5.74) is 10.1. The van der Waals surface area contributed by atoms with E-state index in [1.54, 1.807) is 18.2 Å². The lowest BCUT2D eigenvalue weighted by atomic mass is 9.91. The van der Waals surface area contributed by atoms with Crippen LogP contribution in [-0.2, 0) is 0 Å². The number of anilines is 4. The van der Waals surface area contributed by atoms with Crippen LogP contribution in [-0.4, -0.2) is 41.0 Å². The first-order valence-electron chi connectivity index (χ1n) is 11.7. The van der Waals surface area contributed by atoms with Gasteiger partial charge >= 0.3 is 0 Å². The summed E-state index contributed by atoms with van der Waals surface area (Å²) in [6, 6.07) is 13.3. The second-order valence-electron chi connectivity index (χ2n) is 8.74. The molecule has 7 nitrogen and oxygen atoms in total. The van der Waals surface area contributed by atoms with Crippen LogP contribution in [0, 0.1) is 18.3 Å². The van der Waals surface area contributed by atoms with Crippen molar-refractivity contribution in [1.82, 2.24) is 14.9 Å². The van der Waals surface area contributed by atoms with Gasteiger partial charge in [-0.15, -0.1) is 0 Å². The molecule has 2 heterocycles. The molecule has 2 aromatic carbocycles. The Bertz CT molecular complexity index is 1200. The smallest absolute Gasteiger partial charge is 0.159 e. The van der Waals surface area contributed by atoms with Crippen molar-refractivity contribution in [2.75, 3.05) is 42.5 Å². The van der Waals surface area contributed by atoms with Gasteiger partial charge in [0.25, 0.3) is 0 Å². The zero-order chi connectivity index (χ0) is 24.8. The van der Waals surface area contributed by atoms with E-state index in [-0.39, 0.29) is 0 Å². The maximum Gasteiger partial charge on any atom is 0.159 e. The van der Waals surface area contributed by atoms with Gasteiger partial charge in [-0.2, -0.15) is 5.26 Å². The topological polar surface area (TPSA) is 103 Å².